The number of aromatic nitrogens is 1. The molecule has 2 aromatic rings. The monoisotopic (exact) mass is 289 g/mol. The van der Waals surface area contributed by atoms with E-state index in [-0.39, 0.29) is 17.8 Å². The van der Waals surface area contributed by atoms with Crippen LogP contribution in [0.15, 0.2) is 41.3 Å². The lowest BCUT2D eigenvalue weighted by molar-refractivity contribution is 0.0682. The highest BCUT2D eigenvalue weighted by Crippen LogP contribution is 2.19. The molecule has 1 atom stereocenters. The molecular weight excluding hydrogens is 273 g/mol. The zero-order valence-corrected chi connectivity index (χ0v) is 11.5. The Morgan fingerprint density at radius 2 is 2.38 bits per heavy atom. The van der Waals surface area contributed by atoms with Crippen LogP contribution >= 0.6 is 0 Å². The molecule has 1 N–H and O–H groups in total. The van der Waals surface area contributed by atoms with E-state index in [0.717, 1.165) is 12.8 Å². The average molecular weight is 289 g/mol. The number of rotatable bonds is 3. The van der Waals surface area contributed by atoms with E-state index in [1.807, 2.05) is 0 Å². The molecule has 0 saturated carbocycles. The van der Waals surface area contributed by atoms with Gasteiger partial charge in [-0.05, 0) is 31.0 Å². The van der Waals surface area contributed by atoms with E-state index in [9.17, 15) is 9.18 Å². The molecule has 0 bridgehead atoms. The van der Waals surface area contributed by atoms with Gasteiger partial charge in [0.2, 0.25) is 0 Å². The topological polar surface area (TPSA) is 58.4 Å². The maximum Gasteiger partial charge on any atom is 0.289 e. The van der Waals surface area contributed by atoms with E-state index < -0.39 is 0 Å². The Morgan fingerprint density at radius 1 is 1.48 bits per heavy atom. The SMILES string of the molecule is O=C(c1ccco1)N1CCCC(Nc2ccncc2F)C1. The molecule has 1 aliphatic rings. The van der Waals surface area contributed by atoms with Crippen molar-refractivity contribution in [2.75, 3.05) is 18.4 Å². The van der Waals surface area contributed by atoms with Crippen molar-refractivity contribution in [2.45, 2.75) is 18.9 Å². The maximum absolute atomic E-state index is 13.6. The largest absolute Gasteiger partial charge is 0.459 e. The van der Waals surface area contributed by atoms with Crippen LogP contribution in [-0.2, 0) is 0 Å². The fourth-order valence-corrected chi connectivity index (χ4v) is 2.55. The second-order valence-electron chi connectivity index (χ2n) is 5.07. The Bertz CT molecular complexity index is 615. The summed E-state index contributed by atoms with van der Waals surface area (Å²) in [5, 5.41) is 3.14. The molecule has 1 unspecified atom stereocenters. The number of carbonyl (C=O) groups excluding carboxylic acids is 1. The minimum atomic E-state index is -0.382. The summed E-state index contributed by atoms with van der Waals surface area (Å²) in [6.07, 6.45) is 5.97. The summed E-state index contributed by atoms with van der Waals surface area (Å²) in [6, 6.07) is 4.97. The summed E-state index contributed by atoms with van der Waals surface area (Å²) in [4.78, 5) is 17.7. The molecule has 21 heavy (non-hydrogen) atoms. The van der Waals surface area contributed by atoms with Crippen molar-refractivity contribution in [1.29, 1.82) is 0 Å². The highest BCUT2D eigenvalue weighted by Gasteiger charge is 2.26. The molecule has 1 fully saturated rings. The van der Waals surface area contributed by atoms with E-state index >= 15 is 0 Å². The van der Waals surface area contributed by atoms with Crippen molar-refractivity contribution in [1.82, 2.24) is 9.88 Å². The second kappa shape index (κ2) is 5.95. The number of anilines is 1. The number of nitrogens with zero attached hydrogens (tertiary/aromatic N) is 2. The second-order valence-corrected chi connectivity index (χ2v) is 5.07. The number of nitrogens with one attached hydrogen (secondary N) is 1. The first kappa shape index (κ1) is 13.6. The van der Waals surface area contributed by atoms with Gasteiger partial charge in [0.15, 0.2) is 11.6 Å². The first-order valence-electron chi connectivity index (χ1n) is 6.93. The van der Waals surface area contributed by atoms with E-state index in [2.05, 4.69) is 10.3 Å². The molecule has 0 aromatic carbocycles. The van der Waals surface area contributed by atoms with E-state index in [1.165, 1.54) is 12.5 Å². The van der Waals surface area contributed by atoms with Crippen LogP contribution in [0.2, 0.25) is 0 Å². The summed E-state index contributed by atoms with van der Waals surface area (Å²) < 4.78 is 18.7. The molecule has 0 aliphatic carbocycles. The van der Waals surface area contributed by atoms with Crippen molar-refractivity contribution in [3.8, 4) is 0 Å². The summed E-state index contributed by atoms with van der Waals surface area (Å²) in [5.41, 5.74) is 0.419. The number of carbonyl (C=O) groups is 1. The van der Waals surface area contributed by atoms with Gasteiger partial charge in [0.05, 0.1) is 18.1 Å². The smallest absolute Gasteiger partial charge is 0.289 e. The molecule has 1 saturated heterocycles. The minimum absolute atomic E-state index is 0.0227. The molecular formula is C15H16FN3O2. The van der Waals surface area contributed by atoms with Crippen LogP contribution in [0, 0.1) is 5.82 Å². The number of furan rings is 1. The van der Waals surface area contributed by atoms with Crippen LogP contribution in [0.3, 0.4) is 0 Å². The van der Waals surface area contributed by atoms with Crippen molar-refractivity contribution >= 4 is 11.6 Å². The number of likely N-dealkylation sites (tertiary alicyclic amines) is 1. The lowest BCUT2D eigenvalue weighted by Gasteiger charge is -2.33. The van der Waals surface area contributed by atoms with Gasteiger partial charge in [-0.2, -0.15) is 0 Å². The van der Waals surface area contributed by atoms with Gasteiger partial charge in [-0.25, -0.2) is 4.39 Å². The molecule has 0 spiro atoms. The van der Waals surface area contributed by atoms with Crippen LogP contribution < -0.4 is 5.32 Å². The van der Waals surface area contributed by atoms with Gasteiger partial charge in [-0.3, -0.25) is 9.78 Å². The van der Waals surface area contributed by atoms with Crippen LogP contribution in [0.4, 0.5) is 10.1 Å². The van der Waals surface area contributed by atoms with Crippen molar-refractivity contribution in [2.24, 2.45) is 0 Å². The van der Waals surface area contributed by atoms with Crippen LogP contribution in [0.5, 0.6) is 0 Å². The Morgan fingerprint density at radius 3 is 3.14 bits per heavy atom. The molecule has 6 heteroatoms. The van der Waals surface area contributed by atoms with E-state index in [0.29, 0.717) is 24.5 Å². The van der Waals surface area contributed by atoms with Crippen LogP contribution in [0.1, 0.15) is 23.4 Å². The number of pyridine rings is 1. The summed E-state index contributed by atoms with van der Waals surface area (Å²) in [5.74, 6) is -0.167. The van der Waals surface area contributed by atoms with Gasteiger partial charge >= 0.3 is 0 Å². The standard InChI is InChI=1S/C15H16FN3O2/c16-12-9-17-6-5-13(12)18-11-3-1-7-19(10-11)15(20)14-4-2-8-21-14/h2,4-6,8-9,11H,1,3,7,10H2,(H,17,18). The van der Waals surface area contributed by atoms with Crippen molar-refractivity contribution in [3.05, 3.63) is 48.4 Å². The third-order valence-corrected chi connectivity index (χ3v) is 3.57. The lowest BCUT2D eigenvalue weighted by atomic mass is 10.0. The number of halogens is 1. The number of hydrogen-bond donors (Lipinski definition) is 1. The zero-order chi connectivity index (χ0) is 14.7. The lowest BCUT2D eigenvalue weighted by Crippen LogP contribution is -2.45. The normalized spacial score (nSPS) is 18.5. The molecule has 1 aliphatic heterocycles. The van der Waals surface area contributed by atoms with Gasteiger partial charge in [0, 0.05) is 25.3 Å². The molecule has 2 aromatic heterocycles. The highest BCUT2D eigenvalue weighted by atomic mass is 19.1. The third kappa shape index (κ3) is 3.04. The molecule has 5 nitrogen and oxygen atoms in total. The minimum Gasteiger partial charge on any atom is -0.459 e. The van der Waals surface area contributed by atoms with Gasteiger partial charge in [-0.15, -0.1) is 0 Å². The fourth-order valence-electron chi connectivity index (χ4n) is 2.55. The van der Waals surface area contributed by atoms with Gasteiger partial charge in [-0.1, -0.05) is 0 Å². The van der Waals surface area contributed by atoms with Crippen molar-refractivity contribution < 1.29 is 13.6 Å². The quantitative estimate of drug-likeness (QED) is 0.943. The molecule has 3 heterocycles. The Kier molecular flexibility index (Phi) is 3.85. The van der Waals surface area contributed by atoms with Crippen LogP contribution in [-0.4, -0.2) is 34.9 Å². The number of hydrogen-bond acceptors (Lipinski definition) is 4. The van der Waals surface area contributed by atoms with Gasteiger partial charge in [0.1, 0.15) is 0 Å². The molecule has 0 radical (unpaired) electrons. The third-order valence-electron chi connectivity index (χ3n) is 3.57. The predicted octanol–water partition coefficient (Wildman–Crippen LogP) is 2.53. The summed E-state index contributed by atoms with van der Waals surface area (Å²) >= 11 is 0. The van der Waals surface area contributed by atoms with Gasteiger partial charge < -0.3 is 14.6 Å². The molecule has 110 valence electrons. The first-order chi connectivity index (χ1) is 10.2. The van der Waals surface area contributed by atoms with Gasteiger partial charge in [0.25, 0.3) is 5.91 Å². The van der Waals surface area contributed by atoms with Crippen LogP contribution in [0.25, 0.3) is 0 Å². The van der Waals surface area contributed by atoms with Crippen molar-refractivity contribution in [3.63, 3.8) is 0 Å². The number of piperidine rings is 1. The summed E-state index contributed by atoms with van der Waals surface area (Å²) in [7, 11) is 0. The maximum atomic E-state index is 13.6. The van der Waals surface area contributed by atoms with E-state index in [4.69, 9.17) is 4.42 Å². The zero-order valence-electron chi connectivity index (χ0n) is 11.5. The fraction of sp³-hybridized carbons (Fsp3) is 0.333. The predicted molar refractivity (Wildman–Crippen MR) is 75.5 cm³/mol. The Labute approximate surface area is 121 Å². The molecule has 1 amide bonds. The average Bonchev–Trinajstić information content (AvgIpc) is 3.03. The first-order valence-corrected chi connectivity index (χ1v) is 6.93. The Hall–Kier alpha value is -2.37. The Balaban J connectivity index is 1.66. The molecule has 3 rings (SSSR count). The summed E-state index contributed by atoms with van der Waals surface area (Å²) in [6.45, 7) is 1.22. The highest BCUT2D eigenvalue weighted by molar-refractivity contribution is 5.91. The number of amides is 1. The van der Waals surface area contributed by atoms with E-state index in [1.54, 1.807) is 29.3 Å².